The number of piperazine rings is 1. The van der Waals surface area contributed by atoms with Crippen molar-refractivity contribution in [2.45, 2.75) is 90.6 Å². The second-order valence-corrected chi connectivity index (χ2v) is 6.99. The Morgan fingerprint density at radius 3 is 2.16 bits per heavy atom. The second-order valence-electron chi connectivity index (χ2n) is 6.99. The van der Waals surface area contributed by atoms with Crippen molar-refractivity contribution >= 4 is 0 Å². The Kier molecular flexibility index (Phi) is 6.82. The number of nitrogens with zero attached hydrogens (tertiary/aromatic N) is 1. The van der Waals surface area contributed by atoms with E-state index >= 15 is 0 Å². The molecule has 0 bridgehead atoms. The maximum absolute atomic E-state index is 3.82. The van der Waals surface area contributed by atoms with Gasteiger partial charge in [0.2, 0.25) is 0 Å². The van der Waals surface area contributed by atoms with Crippen molar-refractivity contribution in [1.29, 1.82) is 0 Å². The van der Waals surface area contributed by atoms with E-state index in [2.05, 4.69) is 44.8 Å². The van der Waals surface area contributed by atoms with Crippen LogP contribution in [0.15, 0.2) is 0 Å². The van der Waals surface area contributed by atoms with Crippen molar-refractivity contribution in [2.75, 3.05) is 19.6 Å². The van der Waals surface area contributed by atoms with Gasteiger partial charge in [-0.2, -0.15) is 0 Å². The fourth-order valence-electron chi connectivity index (χ4n) is 3.16. The summed E-state index contributed by atoms with van der Waals surface area (Å²) in [4.78, 5) is 2.74. The molecular weight excluding hydrogens is 232 g/mol. The molecule has 1 rings (SSSR count). The Labute approximate surface area is 121 Å². The smallest absolute Gasteiger partial charge is 0.0304 e. The number of unbranched alkanes of at least 4 members (excludes halogenated alkanes) is 4. The summed E-state index contributed by atoms with van der Waals surface area (Å²) in [5.74, 6) is 0. The Morgan fingerprint density at radius 2 is 1.58 bits per heavy atom. The predicted octanol–water partition coefficient (Wildman–Crippen LogP) is 4.20. The summed E-state index contributed by atoms with van der Waals surface area (Å²) in [7, 11) is 0. The predicted molar refractivity (Wildman–Crippen MR) is 85.7 cm³/mol. The molecule has 0 saturated carbocycles. The van der Waals surface area contributed by atoms with Gasteiger partial charge in [-0.25, -0.2) is 0 Å². The van der Waals surface area contributed by atoms with Gasteiger partial charge in [0.25, 0.3) is 0 Å². The van der Waals surface area contributed by atoms with Crippen LogP contribution in [0.5, 0.6) is 0 Å². The molecule has 114 valence electrons. The van der Waals surface area contributed by atoms with Crippen LogP contribution in [0.1, 0.15) is 79.6 Å². The molecule has 1 fully saturated rings. The van der Waals surface area contributed by atoms with E-state index in [0.717, 1.165) is 6.54 Å². The summed E-state index contributed by atoms with van der Waals surface area (Å²) in [5, 5.41) is 3.82. The fourth-order valence-corrected chi connectivity index (χ4v) is 3.16. The minimum atomic E-state index is 0.318. The molecule has 2 heteroatoms. The average Bonchev–Trinajstić information content (AvgIpc) is 2.41. The van der Waals surface area contributed by atoms with Crippen LogP contribution in [0.3, 0.4) is 0 Å². The average molecular weight is 268 g/mol. The molecule has 0 aliphatic carbocycles. The summed E-state index contributed by atoms with van der Waals surface area (Å²) in [6, 6.07) is 0. The van der Waals surface area contributed by atoms with Gasteiger partial charge < -0.3 is 5.32 Å². The zero-order valence-electron chi connectivity index (χ0n) is 14.0. The lowest BCUT2D eigenvalue weighted by Crippen LogP contribution is -2.67. The first kappa shape index (κ1) is 17.0. The highest BCUT2D eigenvalue weighted by molar-refractivity contribution is 5.00. The minimum absolute atomic E-state index is 0.318. The maximum atomic E-state index is 3.82. The van der Waals surface area contributed by atoms with Gasteiger partial charge >= 0.3 is 0 Å². The van der Waals surface area contributed by atoms with Gasteiger partial charge in [-0.15, -0.1) is 0 Å². The Bertz CT molecular complexity index is 244. The monoisotopic (exact) mass is 268 g/mol. The van der Waals surface area contributed by atoms with Gasteiger partial charge in [0.1, 0.15) is 0 Å². The summed E-state index contributed by atoms with van der Waals surface area (Å²) in [5.41, 5.74) is 0.678. The molecule has 0 radical (unpaired) electrons. The molecule has 0 aromatic carbocycles. The molecular formula is C17H36N2. The SMILES string of the molecule is CCCCCCCN1CC(CC)(CC)NCC1(C)C. The molecule has 1 N–H and O–H groups in total. The summed E-state index contributed by atoms with van der Waals surface area (Å²) in [6.45, 7) is 15.4. The highest BCUT2D eigenvalue weighted by Crippen LogP contribution is 2.28. The first-order chi connectivity index (χ1) is 8.99. The van der Waals surface area contributed by atoms with Crippen LogP contribution in [-0.4, -0.2) is 35.6 Å². The molecule has 1 saturated heterocycles. The van der Waals surface area contributed by atoms with E-state index in [1.165, 1.54) is 58.0 Å². The number of rotatable bonds is 8. The van der Waals surface area contributed by atoms with Gasteiger partial charge in [0.15, 0.2) is 0 Å². The van der Waals surface area contributed by atoms with Crippen LogP contribution < -0.4 is 5.32 Å². The summed E-state index contributed by atoms with van der Waals surface area (Å²) < 4.78 is 0. The van der Waals surface area contributed by atoms with Gasteiger partial charge in [0.05, 0.1) is 0 Å². The van der Waals surface area contributed by atoms with E-state index < -0.39 is 0 Å². The number of nitrogens with one attached hydrogen (secondary N) is 1. The second kappa shape index (κ2) is 7.64. The van der Waals surface area contributed by atoms with Crippen molar-refractivity contribution in [1.82, 2.24) is 10.2 Å². The molecule has 1 aliphatic rings. The van der Waals surface area contributed by atoms with Crippen molar-refractivity contribution in [3.05, 3.63) is 0 Å². The van der Waals surface area contributed by atoms with Crippen LogP contribution in [0.2, 0.25) is 0 Å². The first-order valence-electron chi connectivity index (χ1n) is 8.50. The van der Waals surface area contributed by atoms with Crippen molar-refractivity contribution in [3.8, 4) is 0 Å². The molecule has 0 aromatic rings. The molecule has 2 nitrogen and oxygen atoms in total. The lowest BCUT2D eigenvalue weighted by atomic mass is 9.85. The zero-order valence-corrected chi connectivity index (χ0v) is 14.0. The quantitative estimate of drug-likeness (QED) is 0.664. The van der Waals surface area contributed by atoms with Crippen molar-refractivity contribution in [3.63, 3.8) is 0 Å². The van der Waals surface area contributed by atoms with Crippen LogP contribution in [-0.2, 0) is 0 Å². The third-order valence-electron chi connectivity index (χ3n) is 5.13. The Balaban J connectivity index is 2.47. The minimum Gasteiger partial charge on any atom is -0.308 e. The maximum Gasteiger partial charge on any atom is 0.0304 e. The molecule has 0 spiro atoms. The third-order valence-corrected chi connectivity index (χ3v) is 5.13. The van der Waals surface area contributed by atoms with Crippen LogP contribution in [0.4, 0.5) is 0 Å². The van der Waals surface area contributed by atoms with E-state index in [9.17, 15) is 0 Å². The van der Waals surface area contributed by atoms with E-state index in [4.69, 9.17) is 0 Å². The molecule has 0 aromatic heterocycles. The highest BCUT2D eigenvalue weighted by Gasteiger charge is 2.40. The van der Waals surface area contributed by atoms with Crippen molar-refractivity contribution < 1.29 is 0 Å². The van der Waals surface area contributed by atoms with Crippen LogP contribution in [0, 0.1) is 0 Å². The van der Waals surface area contributed by atoms with E-state index in [-0.39, 0.29) is 0 Å². The Hall–Kier alpha value is -0.0800. The number of hydrogen-bond acceptors (Lipinski definition) is 2. The summed E-state index contributed by atoms with van der Waals surface area (Å²) in [6.07, 6.45) is 9.41. The highest BCUT2D eigenvalue weighted by atomic mass is 15.3. The summed E-state index contributed by atoms with van der Waals surface area (Å²) >= 11 is 0. The normalized spacial score (nSPS) is 22.6. The lowest BCUT2D eigenvalue weighted by molar-refractivity contribution is 0.0214. The molecule has 0 amide bonds. The largest absolute Gasteiger partial charge is 0.308 e. The van der Waals surface area contributed by atoms with Gasteiger partial charge in [0, 0.05) is 24.2 Å². The standard InChI is InChI=1S/C17H36N2/c1-6-9-10-11-12-13-19-15-17(7-2,8-3)18-14-16(19,4)5/h18H,6-15H2,1-5H3. The van der Waals surface area contributed by atoms with Crippen LogP contribution >= 0.6 is 0 Å². The third kappa shape index (κ3) is 4.75. The molecule has 0 atom stereocenters. The molecule has 0 unspecified atom stereocenters. The van der Waals surface area contributed by atoms with Crippen LogP contribution in [0.25, 0.3) is 0 Å². The molecule has 1 heterocycles. The Morgan fingerprint density at radius 1 is 0.947 bits per heavy atom. The molecule has 1 aliphatic heterocycles. The van der Waals surface area contributed by atoms with Crippen molar-refractivity contribution in [2.24, 2.45) is 0 Å². The topological polar surface area (TPSA) is 15.3 Å². The van der Waals surface area contributed by atoms with Gasteiger partial charge in [-0.1, -0.05) is 46.5 Å². The number of hydrogen-bond donors (Lipinski definition) is 1. The van der Waals surface area contributed by atoms with Gasteiger partial charge in [-0.3, -0.25) is 4.90 Å². The molecule has 19 heavy (non-hydrogen) atoms. The van der Waals surface area contributed by atoms with E-state index in [0.29, 0.717) is 11.1 Å². The first-order valence-corrected chi connectivity index (χ1v) is 8.50. The van der Waals surface area contributed by atoms with E-state index in [1.807, 2.05) is 0 Å². The zero-order chi connectivity index (χ0) is 14.4. The lowest BCUT2D eigenvalue weighted by Gasteiger charge is -2.52. The van der Waals surface area contributed by atoms with E-state index in [1.54, 1.807) is 0 Å². The fraction of sp³-hybridized carbons (Fsp3) is 1.00. The van der Waals surface area contributed by atoms with Gasteiger partial charge in [-0.05, 0) is 39.7 Å².